The van der Waals surface area contributed by atoms with Crippen molar-refractivity contribution in [3.63, 3.8) is 0 Å². The van der Waals surface area contributed by atoms with Crippen molar-refractivity contribution < 1.29 is 9.53 Å². The number of aliphatic imine (C=N–C) groups is 1. The number of benzene rings is 1. The van der Waals surface area contributed by atoms with Crippen LogP contribution in [-0.4, -0.2) is 21.5 Å². The predicted molar refractivity (Wildman–Crippen MR) is 71.7 cm³/mol. The third-order valence-electron chi connectivity index (χ3n) is 2.58. The van der Waals surface area contributed by atoms with Gasteiger partial charge in [-0.2, -0.15) is 0 Å². The van der Waals surface area contributed by atoms with Crippen LogP contribution in [0.15, 0.2) is 40.3 Å². The minimum atomic E-state index is -0.469. The van der Waals surface area contributed by atoms with Gasteiger partial charge in [-0.05, 0) is 36.7 Å². The van der Waals surface area contributed by atoms with Gasteiger partial charge in [-0.15, -0.1) is 5.10 Å². The number of cyclic esters (lactones) is 1. The van der Waals surface area contributed by atoms with Crippen LogP contribution >= 0.6 is 11.5 Å². The Bertz CT molecular complexity index is 672. The Hall–Kier alpha value is -2.34. The summed E-state index contributed by atoms with van der Waals surface area (Å²) < 4.78 is 8.87. The van der Waals surface area contributed by atoms with Crippen LogP contribution in [0.2, 0.25) is 0 Å². The monoisotopic (exact) mass is 271 g/mol. The van der Waals surface area contributed by atoms with Crippen molar-refractivity contribution in [2.75, 3.05) is 0 Å². The lowest BCUT2D eigenvalue weighted by Crippen LogP contribution is -2.05. The fraction of sp³-hybridized carbons (Fsp3) is 0.0769. The van der Waals surface area contributed by atoms with E-state index >= 15 is 0 Å². The van der Waals surface area contributed by atoms with Crippen LogP contribution in [0.5, 0.6) is 0 Å². The van der Waals surface area contributed by atoms with E-state index < -0.39 is 5.97 Å². The third-order valence-corrected chi connectivity index (χ3v) is 3.10. The molecule has 0 unspecified atom stereocenters. The topological polar surface area (TPSA) is 64.4 Å². The summed E-state index contributed by atoms with van der Waals surface area (Å²) >= 11 is 1.22. The van der Waals surface area contributed by atoms with Crippen LogP contribution in [0, 0.1) is 6.92 Å². The van der Waals surface area contributed by atoms with Crippen LogP contribution in [0.1, 0.15) is 16.8 Å². The lowest BCUT2D eigenvalue weighted by atomic mass is 10.1. The molecule has 0 aliphatic carbocycles. The highest BCUT2D eigenvalue weighted by atomic mass is 32.1. The van der Waals surface area contributed by atoms with Gasteiger partial charge in [0.25, 0.3) is 0 Å². The van der Waals surface area contributed by atoms with E-state index in [0.29, 0.717) is 11.6 Å². The summed E-state index contributed by atoms with van der Waals surface area (Å²) in [6.45, 7) is 1.99. The van der Waals surface area contributed by atoms with E-state index in [0.717, 1.165) is 11.1 Å². The molecule has 1 aliphatic rings. The standard InChI is InChI=1S/C13H9N3O2S/c1-8-2-4-9(5-3-8)12-14-11(13(17)18-12)6-10-7-19-16-15-10/h2-7H,1H3. The lowest BCUT2D eigenvalue weighted by Gasteiger charge is -1.99. The highest BCUT2D eigenvalue weighted by Crippen LogP contribution is 2.18. The average Bonchev–Trinajstić information content (AvgIpc) is 3.02. The van der Waals surface area contributed by atoms with Crippen molar-refractivity contribution >= 4 is 29.5 Å². The number of carbonyl (C=O) groups is 1. The van der Waals surface area contributed by atoms with Gasteiger partial charge < -0.3 is 4.74 Å². The second-order valence-corrected chi connectivity index (χ2v) is 4.64. The Morgan fingerprint density at radius 2 is 2.05 bits per heavy atom. The number of carbonyl (C=O) groups excluding carboxylic acids is 1. The number of rotatable bonds is 2. The zero-order valence-corrected chi connectivity index (χ0v) is 10.8. The van der Waals surface area contributed by atoms with E-state index in [1.807, 2.05) is 31.2 Å². The first kappa shape index (κ1) is 11.7. The molecule has 19 heavy (non-hydrogen) atoms. The fourth-order valence-electron chi connectivity index (χ4n) is 1.60. The van der Waals surface area contributed by atoms with Gasteiger partial charge >= 0.3 is 5.97 Å². The molecule has 5 nitrogen and oxygen atoms in total. The summed E-state index contributed by atoms with van der Waals surface area (Å²) in [5.74, 6) is -0.150. The van der Waals surface area contributed by atoms with Gasteiger partial charge in [0.05, 0.1) is 0 Å². The van der Waals surface area contributed by atoms with E-state index in [4.69, 9.17) is 4.74 Å². The summed E-state index contributed by atoms with van der Waals surface area (Å²) in [6.07, 6.45) is 1.56. The Kier molecular flexibility index (Phi) is 2.92. The van der Waals surface area contributed by atoms with Gasteiger partial charge in [0.15, 0.2) is 5.70 Å². The van der Waals surface area contributed by atoms with Crippen molar-refractivity contribution in [3.8, 4) is 0 Å². The second-order valence-electron chi connectivity index (χ2n) is 4.03. The van der Waals surface area contributed by atoms with Crippen LogP contribution in [0.3, 0.4) is 0 Å². The van der Waals surface area contributed by atoms with E-state index in [1.165, 1.54) is 11.5 Å². The molecule has 2 heterocycles. The Morgan fingerprint density at radius 3 is 2.74 bits per heavy atom. The number of aromatic nitrogens is 2. The molecule has 2 aromatic rings. The molecule has 1 aliphatic heterocycles. The molecule has 0 spiro atoms. The van der Waals surface area contributed by atoms with Crippen molar-refractivity contribution in [2.24, 2.45) is 4.99 Å². The van der Waals surface area contributed by atoms with Gasteiger partial charge in [0, 0.05) is 10.9 Å². The van der Waals surface area contributed by atoms with E-state index in [9.17, 15) is 4.79 Å². The smallest absolute Gasteiger partial charge is 0.363 e. The number of hydrogen-bond donors (Lipinski definition) is 0. The Morgan fingerprint density at radius 1 is 1.26 bits per heavy atom. The maximum atomic E-state index is 11.7. The fourth-order valence-corrected chi connectivity index (χ4v) is 2.02. The number of esters is 1. The predicted octanol–water partition coefficient (Wildman–Crippen LogP) is 2.19. The molecule has 0 fully saturated rings. The molecular weight excluding hydrogens is 262 g/mol. The van der Waals surface area contributed by atoms with Crippen LogP contribution in [-0.2, 0) is 9.53 Å². The molecule has 3 rings (SSSR count). The van der Waals surface area contributed by atoms with Gasteiger partial charge in [-0.25, -0.2) is 9.79 Å². The summed E-state index contributed by atoms with van der Waals surface area (Å²) in [5, 5.41) is 5.57. The molecule has 0 bridgehead atoms. The normalized spacial score (nSPS) is 16.6. The summed E-state index contributed by atoms with van der Waals surface area (Å²) in [6, 6.07) is 7.62. The van der Waals surface area contributed by atoms with Crippen molar-refractivity contribution in [2.45, 2.75) is 6.92 Å². The molecule has 0 amide bonds. The molecule has 0 atom stereocenters. The highest BCUT2D eigenvalue weighted by Gasteiger charge is 2.24. The third kappa shape index (κ3) is 2.43. The average molecular weight is 271 g/mol. The van der Waals surface area contributed by atoms with E-state index in [2.05, 4.69) is 14.6 Å². The molecular formula is C13H9N3O2S. The number of hydrogen-bond acceptors (Lipinski definition) is 6. The maximum Gasteiger partial charge on any atom is 0.363 e. The minimum absolute atomic E-state index is 0.239. The first-order chi connectivity index (χ1) is 9.22. The zero-order valence-electron chi connectivity index (χ0n) is 10.0. The summed E-state index contributed by atoms with van der Waals surface area (Å²) in [4.78, 5) is 15.9. The van der Waals surface area contributed by atoms with Crippen LogP contribution < -0.4 is 0 Å². The zero-order chi connectivity index (χ0) is 13.2. The molecule has 1 aromatic carbocycles. The maximum absolute atomic E-state index is 11.7. The molecule has 0 N–H and O–H groups in total. The summed E-state index contributed by atoms with van der Waals surface area (Å²) in [5.41, 5.74) is 2.76. The molecule has 0 radical (unpaired) electrons. The van der Waals surface area contributed by atoms with Gasteiger partial charge in [0.2, 0.25) is 5.90 Å². The number of ether oxygens (including phenoxy) is 1. The Balaban J connectivity index is 1.93. The van der Waals surface area contributed by atoms with E-state index in [-0.39, 0.29) is 5.70 Å². The Labute approximate surface area is 113 Å². The van der Waals surface area contributed by atoms with Gasteiger partial charge in [-0.3, -0.25) is 0 Å². The van der Waals surface area contributed by atoms with Crippen molar-refractivity contribution in [1.29, 1.82) is 0 Å². The quantitative estimate of drug-likeness (QED) is 0.620. The van der Waals surface area contributed by atoms with E-state index in [1.54, 1.807) is 11.5 Å². The lowest BCUT2D eigenvalue weighted by molar-refractivity contribution is -0.129. The van der Waals surface area contributed by atoms with Gasteiger partial charge in [-0.1, -0.05) is 22.2 Å². The van der Waals surface area contributed by atoms with Crippen LogP contribution in [0.25, 0.3) is 6.08 Å². The minimum Gasteiger partial charge on any atom is -0.402 e. The summed E-state index contributed by atoms with van der Waals surface area (Å²) in [7, 11) is 0. The van der Waals surface area contributed by atoms with Crippen molar-refractivity contribution in [3.05, 3.63) is 52.2 Å². The molecule has 0 saturated heterocycles. The first-order valence-corrected chi connectivity index (χ1v) is 6.43. The molecule has 0 saturated carbocycles. The highest BCUT2D eigenvalue weighted by molar-refractivity contribution is 7.03. The molecule has 1 aromatic heterocycles. The molecule has 6 heteroatoms. The first-order valence-electron chi connectivity index (χ1n) is 5.59. The van der Waals surface area contributed by atoms with Gasteiger partial charge in [0.1, 0.15) is 5.69 Å². The van der Waals surface area contributed by atoms with Crippen LogP contribution in [0.4, 0.5) is 0 Å². The molecule has 94 valence electrons. The largest absolute Gasteiger partial charge is 0.402 e. The number of aryl methyl sites for hydroxylation is 1. The van der Waals surface area contributed by atoms with Crippen molar-refractivity contribution in [1.82, 2.24) is 9.59 Å². The second kappa shape index (κ2) is 4.74. The number of nitrogens with zero attached hydrogens (tertiary/aromatic N) is 3. The SMILES string of the molecule is Cc1ccc(C2=NC(=Cc3csnn3)C(=O)O2)cc1.